The van der Waals surface area contributed by atoms with E-state index in [0.29, 0.717) is 40.3 Å². The number of fused-ring (bicyclic) bond motifs is 1. The molecule has 2 N–H and O–H groups in total. The highest BCUT2D eigenvalue weighted by Crippen LogP contribution is 2.38. The Kier molecular flexibility index (Phi) is 6.18. The summed E-state index contributed by atoms with van der Waals surface area (Å²) in [6, 6.07) is 10.8. The molecule has 164 valence electrons. The molecule has 2 aromatic rings. The van der Waals surface area contributed by atoms with Gasteiger partial charge in [-0.2, -0.15) is 0 Å². The van der Waals surface area contributed by atoms with Crippen LogP contribution in [0.15, 0.2) is 52.3 Å². The lowest BCUT2D eigenvalue weighted by Crippen LogP contribution is -2.47. The van der Waals surface area contributed by atoms with Crippen LogP contribution in [-0.2, 0) is 19.6 Å². The highest BCUT2D eigenvalue weighted by Gasteiger charge is 2.37. The Labute approximate surface area is 190 Å². The van der Waals surface area contributed by atoms with Crippen molar-refractivity contribution < 1.29 is 18.0 Å². The normalized spacial score (nSPS) is 19.5. The second-order valence-corrected chi connectivity index (χ2v) is 11.0. The molecule has 0 saturated carbocycles. The standard InChI is InChI=1S/C21H22ClN3O4S2/c1-13-8-10-25(11-9-13)21(27)19-20(26)23-17-12-16(6-7-18(17)30-19)31(28,29)24-15-4-2-14(22)3-5-15/h2-7,12-13,19,24H,8-11H2,1H3,(H,23,26)/t19-/m1/s1. The van der Waals surface area contributed by atoms with Gasteiger partial charge in [0.25, 0.3) is 10.0 Å². The van der Waals surface area contributed by atoms with Gasteiger partial charge < -0.3 is 10.2 Å². The van der Waals surface area contributed by atoms with Gasteiger partial charge >= 0.3 is 0 Å². The Bertz CT molecular complexity index is 1110. The van der Waals surface area contributed by atoms with E-state index < -0.39 is 21.2 Å². The molecule has 1 atom stereocenters. The minimum Gasteiger partial charge on any atom is -0.341 e. The molecule has 10 heteroatoms. The number of hydrogen-bond donors (Lipinski definition) is 2. The van der Waals surface area contributed by atoms with Crippen LogP contribution in [0.4, 0.5) is 11.4 Å². The zero-order chi connectivity index (χ0) is 22.2. The van der Waals surface area contributed by atoms with Crippen molar-refractivity contribution in [2.75, 3.05) is 23.1 Å². The van der Waals surface area contributed by atoms with E-state index in [2.05, 4.69) is 17.0 Å². The number of thioether (sulfide) groups is 1. The fraction of sp³-hybridized carbons (Fsp3) is 0.333. The predicted octanol–water partition coefficient (Wildman–Crippen LogP) is 3.81. The lowest BCUT2D eigenvalue weighted by atomic mass is 9.99. The number of piperidine rings is 1. The van der Waals surface area contributed by atoms with Crippen molar-refractivity contribution in [3.63, 3.8) is 0 Å². The summed E-state index contributed by atoms with van der Waals surface area (Å²) in [6.45, 7) is 3.48. The Morgan fingerprint density at radius 3 is 2.52 bits per heavy atom. The first-order chi connectivity index (χ1) is 14.7. The predicted molar refractivity (Wildman–Crippen MR) is 122 cm³/mol. The molecular formula is C21H22ClN3O4S2. The van der Waals surface area contributed by atoms with Gasteiger partial charge in [-0.05, 0) is 61.2 Å². The molecule has 0 radical (unpaired) electrons. The van der Waals surface area contributed by atoms with Crippen LogP contribution in [0, 0.1) is 5.92 Å². The monoisotopic (exact) mass is 479 g/mol. The fourth-order valence-corrected chi connectivity index (χ4v) is 5.81. The van der Waals surface area contributed by atoms with Gasteiger partial charge in [0.2, 0.25) is 11.8 Å². The van der Waals surface area contributed by atoms with Crippen molar-refractivity contribution in [2.24, 2.45) is 5.92 Å². The van der Waals surface area contributed by atoms with Gasteiger partial charge in [0, 0.05) is 28.7 Å². The lowest BCUT2D eigenvalue weighted by Gasteiger charge is -2.33. The molecule has 4 rings (SSSR count). The number of carbonyl (C=O) groups excluding carboxylic acids is 2. The van der Waals surface area contributed by atoms with E-state index in [1.165, 1.54) is 12.1 Å². The third kappa shape index (κ3) is 4.83. The number of sulfonamides is 1. The van der Waals surface area contributed by atoms with Gasteiger partial charge in [0.1, 0.15) is 0 Å². The SMILES string of the molecule is CC1CCN(C(=O)[C@@H]2Sc3ccc(S(=O)(=O)Nc4ccc(Cl)cc4)cc3NC2=O)CC1. The van der Waals surface area contributed by atoms with Crippen molar-refractivity contribution in [2.45, 2.75) is 34.8 Å². The molecule has 2 aliphatic heterocycles. The van der Waals surface area contributed by atoms with Crippen molar-refractivity contribution in [3.05, 3.63) is 47.5 Å². The summed E-state index contributed by atoms with van der Waals surface area (Å²) in [4.78, 5) is 27.9. The highest BCUT2D eigenvalue weighted by molar-refractivity contribution is 8.01. The third-order valence-electron chi connectivity index (χ3n) is 5.42. The first kappa shape index (κ1) is 22.0. The Hall–Kier alpha value is -2.23. The number of rotatable bonds is 4. The minimum atomic E-state index is -3.86. The van der Waals surface area contributed by atoms with E-state index in [0.717, 1.165) is 24.6 Å². The summed E-state index contributed by atoms with van der Waals surface area (Å²) in [7, 11) is -3.86. The summed E-state index contributed by atoms with van der Waals surface area (Å²) < 4.78 is 28.0. The lowest BCUT2D eigenvalue weighted by molar-refractivity contribution is -0.135. The second-order valence-electron chi connectivity index (χ2n) is 7.77. The Morgan fingerprint density at radius 1 is 1.16 bits per heavy atom. The quantitative estimate of drug-likeness (QED) is 0.650. The maximum atomic E-state index is 12.9. The summed E-state index contributed by atoms with van der Waals surface area (Å²) in [5.74, 6) is -0.0399. The van der Waals surface area contributed by atoms with Gasteiger partial charge in [-0.15, -0.1) is 11.8 Å². The average molecular weight is 480 g/mol. The van der Waals surface area contributed by atoms with Gasteiger partial charge in [0.15, 0.2) is 5.25 Å². The molecule has 0 bridgehead atoms. The van der Waals surface area contributed by atoms with Crippen molar-refractivity contribution in [3.8, 4) is 0 Å². The first-order valence-corrected chi connectivity index (χ1v) is 12.7. The van der Waals surface area contributed by atoms with Crippen LogP contribution >= 0.6 is 23.4 Å². The van der Waals surface area contributed by atoms with E-state index in [9.17, 15) is 18.0 Å². The Morgan fingerprint density at radius 2 is 1.84 bits per heavy atom. The fourth-order valence-electron chi connectivity index (χ4n) is 3.54. The molecular weight excluding hydrogens is 458 g/mol. The number of hydrogen-bond acceptors (Lipinski definition) is 5. The molecule has 2 heterocycles. The molecule has 2 aromatic carbocycles. The van der Waals surface area contributed by atoms with E-state index in [4.69, 9.17) is 11.6 Å². The smallest absolute Gasteiger partial charge is 0.261 e. The zero-order valence-corrected chi connectivity index (χ0v) is 19.2. The van der Waals surface area contributed by atoms with Crippen LogP contribution < -0.4 is 10.0 Å². The second kappa shape index (κ2) is 8.72. The molecule has 0 aromatic heterocycles. The topological polar surface area (TPSA) is 95.6 Å². The van der Waals surface area contributed by atoms with Crippen molar-refractivity contribution in [1.82, 2.24) is 4.90 Å². The summed E-state index contributed by atoms with van der Waals surface area (Å²) in [5, 5.41) is 2.34. The number of carbonyl (C=O) groups is 2. The molecule has 1 saturated heterocycles. The number of likely N-dealkylation sites (tertiary alicyclic amines) is 1. The number of nitrogens with zero attached hydrogens (tertiary/aromatic N) is 1. The molecule has 2 aliphatic rings. The molecule has 1 fully saturated rings. The third-order valence-corrected chi connectivity index (χ3v) is 8.31. The average Bonchev–Trinajstić information content (AvgIpc) is 2.74. The number of halogens is 1. The molecule has 0 unspecified atom stereocenters. The summed E-state index contributed by atoms with van der Waals surface area (Å²) in [5.41, 5.74) is 0.757. The highest BCUT2D eigenvalue weighted by atomic mass is 35.5. The summed E-state index contributed by atoms with van der Waals surface area (Å²) in [6.07, 6.45) is 1.87. The Balaban J connectivity index is 1.51. The van der Waals surface area contributed by atoms with Crippen molar-refractivity contribution >= 4 is 56.6 Å². The molecule has 31 heavy (non-hydrogen) atoms. The van der Waals surface area contributed by atoms with Gasteiger partial charge in [-0.1, -0.05) is 18.5 Å². The van der Waals surface area contributed by atoms with Crippen LogP contribution in [0.5, 0.6) is 0 Å². The number of nitrogens with one attached hydrogen (secondary N) is 2. The van der Waals surface area contributed by atoms with Gasteiger partial charge in [0.05, 0.1) is 10.6 Å². The van der Waals surface area contributed by atoms with E-state index in [-0.39, 0.29) is 10.8 Å². The van der Waals surface area contributed by atoms with E-state index in [1.807, 2.05) is 0 Å². The first-order valence-electron chi connectivity index (χ1n) is 9.92. The van der Waals surface area contributed by atoms with E-state index >= 15 is 0 Å². The number of benzene rings is 2. The minimum absolute atomic E-state index is 0.0110. The van der Waals surface area contributed by atoms with Crippen LogP contribution in [-0.4, -0.2) is 43.5 Å². The molecule has 2 amide bonds. The summed E-state index contributed by atoms with van der Waals surface area (Å²) >= 11 is 7.00. The van der Waals surface area contributed by atoms with Crippen LogP contribution in [0.25, 0.3) is 0 Å². The largest absolute Gasteiger partial charge is 0.341 e. The number of amides is 2. The van der Waals surface area contributed by atoms with Gasteiger partial charge in [-0.25, -0.2) is 8.42 Å². The number of anilines is 2. The maximum absolute atomic E-state index is 12.9. The van der Waals surface area contributed by atoms with E-state index in [1.54, 1.807) is 35.2 Å². The van der Waals surface area contributed by atoms with Crippen LogP contribution in [0.3, 0.4) is 0 Å². The van der Waals surface area contributed by atoms with Gasteiger partial charge in [-0.3, -0.25) is 14.3 Å². The van der Waals surface area contributed by atoms with Crippen LogP contribution in [0.1, 0.15) is 19.8 Å². The van der Waals surface area contributed by atoms with Crippen LogP contribution in [0.2, 0.25) is 5.02 Å². The van der Waals surface area contributed by atoms with Crippen molar-refractivity contribution in [1.29, 1.82) is 0 Å². The molecule has 0 aliphatic carbocycles. The molecule has 7 nitrogen and oxygen atoms in total. The zero-order valence-electron chi connectivity index (χ0n) is 16.8. The maximum Gasteiger partial charge on any atom is 0.261 e. The molecule has 0 spiro atoms.